The third-order valence-corrected chi connectivity index (χ3v) is 2.10. The van der Waals surface area contributed by atoms with Crippen molar-refractivity contribution < 1.29 is 0 Å². The average Bonchev–Trinajstić information content (AvgIpc) is 1.89. The van der Waals surface area contributed by atoms with Gasteiger partial charge in [0.15, 0.2) is 0 Å². The summed E-state index contributed by atoms with van der Waals surface area (Å²) < 4.78 is 1.82. The summed E-state index contributed by atoms with van der Waals surface area (Å²) in [5.74, 6) is 0. The van der Waals surface area contributed by atoms with E-state index < -0.39 is 0 Å². The molecule has 2 nitrogen and oxygen atoms in total. The second-order valence-electron chi connectivity index (χ2n) is 2.30. The Bertz CT molecular complexity index is 130. The third-order valence-electron chi connectivity index (χ3n) is 1.62. The first-order valence-electron chi connectivity index (χ1n) is 3.19. The lowest BCUT2D eigenvalue weighted by Crippen LogP contribution is -2.30. The van der Waals surface area contributed by atoms with Crippen molar-refractivity contribution in [3.8, 4) is 6.07 Å². The maximum absolute atomic E-state index is 8.52. The number of nitrogens with zero attached hydrogens (tertiary/aromatic N) is 2. The summed E-state index contributed by atoms with van der Waals surface area (Å²) in [5, 5.41) is 8.52. The fraction of sp³-hybridized carbons (Fsp3) is 0.833. The number of hydrogen-bond acceptors (Lipinski definition) is 3. The Morgan fingerprint density at radius 3 is 2.78 bits per heavy atom. The van der Waals surface area contributed by atoms with E-state index in [0.717, 1.165) is 13.0 Å². The summed E-state index contributed by atoms with van der Waals surface area (Å²) in [4.78, 5) is 0. The molecule has 0 bridgehead atoms. The van der Waals surface area contributed by atoms with Crippen molar-refractivity contribution in [2.45, 2.75) is 25.3 Å². The normalized spacial score (nSPS) is 29.6. The van der Waals surface area contributed by atoms with Crippen LogP contribution >= 0.6 is 12.8 Å². The largest absolute Gasteiger partial charge is 0.236 e. The molecule has 0 saturated carbocycles. The van der Waals surface area contributed by atoms with Crippen LogP contribution in [0, 0.1) is 11.3 Å². The van der Waals surface area contributed by atoms with E-state index in [1.165, 1.54) is 12.8 Å². The van der Waals surface area contributed by atoms with Gasteiger partial charge in [0.05, 0.1) is 6.07 Å². The highest BCUT2D eigenvalue weighted by molar-refractivity contribution is 7.77. The molecular formula is C6H10N2S. The third kappa shape index (κ3) is 1.60. The minimum atomic E-state index is 0.0575. The van der Waals surface area contributed by atoms with Crippen LogP contribution in [-0.4, -0.2) is 16.9 Å². The summed E-state index contributed by atoms with van der Waals surface area (Å²) >= 11 is 4.15. The SMILES string of the molecule is N#CC1CCCCN1S. The maximum Gasteiger partial charge on any atom is 0.107 e. The molecule has 0 spiro atoms. The molecule has 1 saturated heterocycles. The van der Waals surface area contributed by atoms with Gasteiger partial charge in [0, 0.05) is 6.54 Å². The van der Waals surface area contributed by atoms with Gasteiger partial charge >= 0.3 is 0 Å². The molecule has 0 aromatic heterocycles. The molecule has 9 heavy (non-hydrogen) atoms. The Labute approximate surface area is 61.0 Å². The van der Waals surface area contributed by atoms with E-state index >= 15 is 0 Å². The number of piperidine rings is 1. The van der Waals surface area contributed by atoms with Crippen LogP contribution in [0.15, 0.2) is 0 Å². The van der Waals surface area contributed by atoms with Crippen molar-refractivity contribution in [2.75, 3.05) is 6.54 Å². The molecule has 1 rings (SSSR count). The second kappa shape index (κ2) is 3.09. The van der Waals surface area contributed by atoms with Crippen molar-refractivity contribution in [1.82, 2.24) is 4.31 Å². The molecule has 1 aliphatic rings. The zero-order valence-electron chi connectivity index (χ0n) is 5.25. The summed E-state index contributed by atoms with van der Waals surface area (Å²) in [6.45, 7) is 0.960. The van der Waals surface area contributed by atoms with Crippen LogP contribution in [0.4, 0.5) is 0 Å². The summed E-state index contributed by atoms with van der Waals surface area (Å²) in [6.07, 6.45) is 3.34. The fourth-order valence-electron chi connectivity index (χ4n) is 1.05. The zero-order chi connectivity index (χ0) is 6.69. The summed E-state index contributed by atoms with van der Waals surface area (Å²) in [7, 11) is 0. The lowest BCUT2D eigenvalue weighted by molar-refractivity contribution is 0.328. The highest BCUT2D eigenvalue weighted by Gasteiger charge is 2.17. The molecule has 3 heteroatoms. The van der Waals surface area contributed by atoms with Gasteiger partial charge in [-0.05, 0) is 19.3 Å². The minimum absolute atomic E-state index is 0.0575. The first-order valence-corrected chi connectivity index (χ1v) is 3.59. The first kappa shape index (κ1) is 6.91. The molecule has 50 valence electrons. The number of thiol groups is 1. The van der Waals surface area contributed by atoms with Crippen LogP contribution in [0.3, 0.4) is 0 Å². The van der Waals surface area contributed by atoms with Crippen LogP contribution in [0.5, 0.6) is 0 Å². The van der Waals surface area contributed by atoms with Crippen molar-refractivity contribution in [3.63, 3.8) is 0 Å². The van der Waals surface area contributed by atoms with Crippen LogP contribution in [0.1, 0.15) is 19.3 Å². The van der Waals surface area contributed by atoms with Crippen molar-refractivity contribution in [1.29, 1.82) is 5.26 Å². The predicted octanol–water partition coefficient (Wildman–Crippen LogP) is 1.21. The standard InChI is InChI=1S/C6H10N2S/c7-5-6-3-1-2-4-8(6)9/h6,9H,1-4H2. The molecule has 1 atom stereocenters. The molecular weight excluding hydrogens is 132 g/mol. The van der Waals surface area contributed by atoms with Gasteiger partial charge in [0.2, 0.25) is 0 Å². The van der Waals surface area contributed by atoms with Gasteiger partial charge in [0.1, 0.15) is 6.04 Å². The Morgan fingerprint density at radius 1 is 1.56 bits per heavy atom. The van der Waals surface area contributed by atoms with Gasteiger partial charge in [-0.1, -0.05) is 12.8 Å². The Morgan fingerprint density at radius 2 is 2.33 bits per heavy atom. The van der Waals surface area contributed by atoms with Crippen LogP contribution < -0.4 is 0 Å². The first-order chi connectivity index (χ1) is 4.34. The average molecular weight is 142 g/mol. The number of nitriles is 1. The van der Waals surface area contributed by atoms with E-state index in [0.29, 0.717) is 0 Å². The van der Waals surface area contributed by atoms with Crippen molar-refractivity contribution >= 4 is 12.8 Å². The zero-order valence-corrected chi connectivity index (χ0v) is 6.14. The maximum atomic E-state index is 8.52. The van der Waals surface area contributed by atoms with Gasteiger partial charge in [-0.15, -0.1) is 0 Å². The van der Waals surface area contributed by atoms with E-state index in [-0.39, 0.29) is 6.04 Å². The second-order valence-corrected chi connectivity index (χ2v) is 2.82. The fourth-order valence-corrected chi connectivity index (χ4v) is 1.36. The minimum Gasteiger partial charge on any atom is -0.236 e. The van der Waals surface area contributed by atoms with Crippen molar-refractivity contribution in [3.05, 3.63) is 0 Å². The molecule has 0 aromatic rings. The van der Waals surface area contributed by atoms with Crippen LogP contribution in [0.25, 0.3) is 0 Å². The predicted molar refractivity (Wildman–Crippen MR) is 38.9 cm³/mol. The summed E-state index contributed by atoms with van der Waals surface area (Å²) in [5.41, 5.74) is 0. The van der Waals surface area contributed by atoms with Gasteiger partial charge < -0.3 is 0 Å². The molecule has 0 aliphatic carbocycles. The van der Waals surface area contributed by atoms with Crippen molar-refractivity contribution in [2.24, 2.45) is 0 Å². The Hall–Kier alpha value is -0.200. The van der Waals surface area contributed by atoms with Gasteiger partial charge in [-0.3, -0.25) is 0 Å². The van der Waals surface area contributed by atoms with Gasteiger partial charge in [-0.25, -0.2) is 4.31 Å². The Kier molecular flexibility index (Phi) is 2.38. The highest BCUT2D eigenvalue weighted by atomic mass is 32.1. The van der Waals surface area contributed by atoms with Gasteiger partial charge in [-0.2, -0.15) is 5.26 Å². The van der Waals surface area contributed by atoms with Gasteiger partial charge in [0.25, 0.3) is 0 Å². The van der Waals surface area contributed by atoms with E-state index in [1.54, 1.807) is 0 Å². The summed E-state index contributed by atoms with van der Waals surface area (Å²) in [6, 6.07) is 2.26. The number of rotatable bonds is 0. The lowest BCUT2D eigenvalue weighted by atomic mass is 10.1. The van der Waals surface area contributed by atoms with Crippen LogP contribution in [0.2, 0.25) is 0 Å². The topological polar surface area (TPSA) is 27.0 Å². The monoisotopic (exact) mass is 142 g/mol. The highest BCUT2D eigenvalue weighted by Crippen LogP contribution is 2.17. The smallest absolute Gasteiger partial charge is 0.107 e. The molecule has 1 aliphatic heterocycles. The molecule has 1 unspecified atom stereocenters. The molecule has 1 heterocycles. The van der Waals surface area contributed by atoms with E-state index in [9.17, 15) is 0 Å². The lowest BCUT2D eigenvalue weighted by Gasteiger charge is -2.25. The molecule has 1 fully saturated rings. The van der Waals surface area contributed by atoms with E-state index in [4.69, 9.17) is 5.26 Å². The van der Waals surface area contributed by atoms with E-state index in [1.807, 2.05) is 4.31 Å². The van der Waals surface area contributed by atoms with E-state index in [2.05, 4.69) is 18.9 Å². The molecule has 0 N–H and O–H groups in total. The quantitative estimate of drug-likeness (QED) is 0.515. The molecule has 0 amide bonds. The van der Waals surface area contributed by atoms with Crippen LogP contribution in [-0.2, 0) is 0 Å². The molecule has 0 radical (unpaired) electrons. The number of hydrogen-bond donors (Lipinski definition) is 1. The Balaban J connectivity index is 2.41. The molecule has 0 aromatic carbocycles.